The highest BCUT2D eigenvalue weighted by atomic mass is 32.2. The van der Waals surface area contributed by atoms with Gasteiger partial charge in [-0.25, -0.2) is 9.99 Å². The molecule has 1 unspecified atom stereocenters. The van der Waals surface area contributed by atoms with Crippen LogP contribution in [0.15, 0.2) is 75.6 Å². The number of carbonyl (C=O) groups excluding carboxylic acids is 1. The van der Waals surface area contributed by atoms with Crippen molar-refractivity contribution in [3.05, 3.63) is 75.1 Å². The van der Waals surface area contributed by atoms with Gasteiger partial charge in [0, 0.05) is 16.9 Å². The van der Waals surface area contributed by atoms with Crippen LogP contribution in [0.5, 0.6) is 0 Å². The SMILES string of the molecule is O=C(CSc1n[nH]c(-c2ccccc2)n1)N1N=C(c2cccs2)CC1c1cccs1. The van der Waals surface area contributed by atoms with E-state index >= 15 is 0 Å². The number of thiophene rings is 2. The maximum absolute atomic E-state index is 13.1. The summed E-state index contributed by atoms with van der Waals surface area (Å²) in [5.74, 6) is 0.882. The number of aromatic amines is 1. The van der Waals surface area contributed by atoms with E-state index in [1.165, 1.54) is 11.8 Å². The monoisotopic (exact) mass is 451 g/mol. The zero-order chi connectivity index (χ0) is 20.3. The van der Waals surface area contributed by atoms with Crippen molar-refractivity contribution in [3.8, 4) is 11.4 Å². The van der Waals surface area contributed by atoms with Crippen LogP contribution in [0.1, 0.15) is 22.2 Å². The van der Waals surface area contributed by atoms with Gasteiger partial charge in [0.25, 0.3) is 5.91 Å². The number of aromatic nitrogens is 3. The fourth-order valence-electron chi connectivity index (χ4n) is 3.26. The lowest BCUT2D eigenvalue weighted by atomic mass is 10.1. The maximum atomic E-state index is 13.1. The van der Waals surface area contributed by atoms with Crippen molar-refractivity contribution >= 4 is 46.1 Å². The van der Waals surface area contributed by atoms with Crippen molar-refractivity contribution < 1.29 is 4.79 Å². The van der Waals surface area contributed by atoms with E-state index in [9.17, 15) is 4.79 Å². The van der Waals surface area contributed by atoms with Crippen molar-refractivity contribution in [2.45, 2.75) is 17.6 Å². The van der Waals surface area contributed by atoms with Crippen LogP contribution < -0.4 is 0 Å². The molecule has 0 bridgehead atoms. The number of H-pyrrole nitrogens is 1. The van der Waals surface area contributed by atoms with Crippen LogP contribution in [-0.4, -0.2) is 37.6 Å². The van der Waals surface area contributed by atoms with Gasteiger partial charge in [-0.15, -0.1) is 27.8 Å². The molecule has 150 valence electrons. The Kier molecular flexibility index (Phi) is 5.48. The largest absolute Gasteiger partial charge is 0.272 e. The van der Waals surface area contributed by atoms with Crippen LogP contribution in [0.4, 0.5) is 0 Å². The summed E-state index contributed by atoms with van der Waals surface area (Å²) in [6.45, 7) is 0. The highest BCUT2D eigenvalue weighted by Gasteiger charge is 2.34. The minimum atomic E-state index is -0.0535. The number of carbonyl (C=O) groups is 1. The molecule has 1 aromatic carbocycles. The lowest BCUT2D eigenvalue weighted by molar-refractivity contribution is -0.130. The molecule has 5 rings (SSSR count). The van der Waals surface area contributed by atoms with Gasteiger partial charge in [0.15, 0.2) is 5.82 Å². The summed E-state index contributed by atoms with van der Waals surface area (Å²) < 4.78 is 0. The Morgan fingerprint density at radius 2 is 1.93 bits per heavy atom. The van der Waals surface area contributed by atoms with Gasteiger partial charge in [0.05, 0.1) is 22.4 Å². The van der Waals surface area contributed by atoms with Gasteiger partial charge in [-0.05, 0) is 22.9 Å². The molecule has 9 heteroatoms. The molecule has 0 fully saturated rings. The first-order valence-corrected chi connectivity index (χ1v) is 12.1. The third kappa shape index (κ3) is 3.96. The zero-order valence-corrected chi connectivity index (χ0v) is 18.2. The number of rotatable bonds is 6. The predicted octanol–water partition coefficient (Wildman–Crippen LogP) is 5.06. The van der Waals surface area contributed by atoms with Gasteiger partial charge in [0.2, 0.25) is 5.16 Å². The van der Waals surface area contributed by atoms with E-state index in [0.717, 1.165) is 27.5 Å². The lowest BCUT2D eigenvalue weighted by Crippen LogP contribution is -2.28. The van der Waals surface area contributed by atoms with Gasteiger partial charge in [-0.2, -0.15) is 5.10 Å². The Morgan fingerprint density at radius 3 is 2.70 bits per heavy atom. The Morgan fingerprint density at radius 1 is 1.10 bits per heavy atom. The molecule has 0 saturated heterocycles. The highest BCUT2D eigenvalue weighted by Crippen LogP contribution is 2.36. The molecule has 3 aromatic heterocycles. The Hall–Kier alpha value is -2.75. The minimum Gasteiger partial charge on any atom is -0.272 e. The summed E-state index contributed by atoms with van der Waals surface area (Å²) in [5, 5.41) is 18.1. The Bertz CT molecular complexity index is 1150. The minimum absolute atomic E-state index is 0.0454. The first-order chi connectivity index (χ1) is 14.8. The van der Waals surface area contributed by atoms with E-state index < -0.39 is 0 Å². The van der Waals surface area contributed by atoms with Crippen LogP contribution in [0.25, 0.3) is 11.4 Å². The van der Waals surface area contributed by atoms with E-state index in [1.54, 1.807) is 27.7 Å². The smallest absolute Gasteiger partial charge is 0.253 e. The van der Waals surface area contributed by atoms with E-state index in [-0.39, 0.29) is 17.7 Å². The highest BCUT2D eigenvalue weighted by molar-refractivity contribution is 7.99. The summed E-state index contributed by atoms with van der Waals surface area (Å²) in [6.07, 6.45) is 0.732. The second-order valence-electron chi connectivity index (χ2n) is 6.62. The maximum Gasteiger partial charge on any atom is 0.253 e. The molecule has 4 aromatic rings. The second kappa shape index (κ2) is 8.55. The van der Waals surface area contributed by atoms with Crippen LogP contribution >= 0.6 is 34.4 Å². The van der Waals surface area contributed by atoms with Crippen LogP contribution in [-0.2, 0) is 4.79 Å². The molecule has 0 radical (unpaired) electrons. The number of nitrogens with zero attached hydrogens (tertiary/aromatic N) is 4. The summed E-state index contributed by atoms with van der Waals surface area (Å²) in [4.78, 5) is 19.8. The second-order valence-corrected chi connectivity index (χ2v) is 9.49. The van der Waals surface area contributed by atoms with Crippen molar-refractivity contribution in [1.29, 1.82) is 0 Å². The van der Waals surface area contributed by atoms with Crippen LogP contribution in [0, 0.1) is 0 Å². The van der Waals surface area contributed by atoms with Crippen molar-refractivity contribution in [3.63, 3.8) is 0 Å². The number of hydrazone groups is 1. The van der Waals surface area contributed by atoms with E-state index in [4.69, 9.17) is 0 Å². The topological polar surface area (TPSA) is 74.2 Å². The Labute approximate surface area is 185 Å². The van der Waals surface area contributed by atoms with Crippen LogP contribution in [0.3, 0.4) is 0 Å². The molecule has 6 nitrogen and oxygen atoms in total. The molecule has 4 heterocycles. The van der Waals surface area contributed by atoms with Crippen molar-refractivity contribution in [1.82, 2.24) is 20.2 Å². The number of thioether (sulfide) groups is 1. The molecule has 0 saturated carbocycles. The summed E-state index contributed by atoms with van der Waals surface area (Å²) in [5.41, 5.74) is 1.93. The molecule has 0 aliphatic carbocycles. The third-order valence-corrected chi connectivity index (χ3v) is 7.40. The molecule has 1 amide bonds. The van der Waals surface area contributed by atoms with Crippen molar-refractivity contribution in [2.24, 2.45) is 5.10 Å². The number of amides is 1. The average molecular weight is 452 g/mol. The number of hydrogen-bond acceptors (Lipinski definition) is 7. The fraction of sp³-hybridized carbons (Fsp3) is 0.143. The Balaban J connectivity index is 1.31. The summed E-state index contributed by atoms with van der Waals surface area (Å²) >= 11 is 4.63. The lowest BCUT2D eigenvalue weighted by Gasteiger charge is -2.20. The molecular formula is C21H17N5OS3. The number of benzene rings is 1. The van der Waals surface area contributed by atoms with Gasteiger partial charge < -0.3 is 0 Å². The summed E-state index contributed by atoms with van der Waals surface area (Å²) in [7, 11) is 0. The van der Waals surface area contributed by atoms with E-state index in [2.05, 4.69) is 32.4 Å². The number of nitrogens with one attached hydrogen (secondary N) is 1. The third-order valence-electron chi connectivity index (χ3n) is 4.68. The molecule has 30 heavy (non-hydrogen) atoms. The van der Waals surface area contributed by atoms with E-state index in [1.807, 2.05) is 53.2 Å². The molecule has 1 atom stereocenters. The zero-order valence-electron chi connectivity index (χ0n) is 15.8. The molecule has 1 aliphatic rings. The molecule has 1 aliphatic heterocycles. The molecule has 1 N–H and O–H groups in total. The molecule has 0 spiro atoms. The standard InChI is InChI=1S/C21H17N5OS3/c27-19(13-30-21-22-20(23-24-21)14-6-2-1-3-7-14)26-16(18-9-5-11-29-18)12-15(25-26)17-8-4-10-28-17/h1-11,16H,12-13H2,(H,22,23,24). The van der Waals surface area contributed by atoms with Gasteiger partial charge >= 0.3 is 0 Å². The average Bonchev–Trinajstić information content (AvgIpc) is 3.57. The first-order valence-electron chi connectivity index (χ1n) is 9.35. The predicted molar refractivity (Wildman–Crippen MR) is 122 cm³/mol. The number of hydrogen-bond donors (Lipinski definition) is 1. The van der Waals surface area contributed by atoms with Gasteiger partial charge in [0.1, 0.15) is 0 Å². The summed E-state index contributed by atoms with van der Waals surface area (Å²) in [6, 6.07) is 17.9. The normalized spacial score (nSPS) is 16.1. The molecular weight excluding hydrogens is 434 g/mol. The fourth-order valence-corrected chi connectivity index (χ4v) is 5.45. The van der Waals surface area contributed by atoms with Gasteiger partial charge in [-0.1, -0.05) is 54.2 Å². The van der Waals surface area contributed by atoms with Crippen molar-refractivity contribution in [2.75, 3.05) is 5.75 Å². The van der Waals surface area contributed by atoms with E-state index in [0.29, 0.717) is 11.0 Å². The van der Waals surface area contributed by atoms with Gasteiger partial charge in [-0.3, -0.25) is 9.89 Å². The first kappa shape index (κ1) is 19.2. The quantitative estimate of drug-likeness (QED) is 0.416. The van der Waals surface area contributed by atoms with Crippen LogP contribution in [0.2, 0.25) is 0 Å².